The summed E-state index contributed by atoms with van der Waals surface area (Å²) in [5.41, 5.74) is 9.82. The van der Waals surface area contributed by atoms with Crippen LogP contribution in [0.25, 0.3) is 5.57 Å². The zero-order valence-corrected chi connectivity index (χ0v) is 18.6. The van der Waals surface area contributed by atoms with Gasteiger partial charge in [0.25, 0.3) is 0 Å². The molecule has 1 amide bonds. The minimum absolute atomic E-state index is 0. The van der Waals surface area contributed by atoms with Crippen LogP contribution in [0.15, 0.2) is 24.3 Å². The van der Waals surface area contributed by atoms with Crippen molar-refractivity contribution in [2.75, 3.05) is 26.2 Å². The number of hydrogen-bond acceptors (Lipinski definition) is 5. The van der Waals surface area contributed by atoms with Crippen molar-refractivity contribution in [3.63, 3.8) is 0 Å². The number of benzene rings is 1. The SMILES string of the molecule is CC(C)c1cc(C2=CCNCC2)ccc1C#N.Cl.NC(=O)C1CNCC2(C1)CC2O. The number of carbonyl (C=O) groups excluding carboxylic acids is 1. The maximum Gasteiger partial charge on any atom is 0.221 e. The predicted molar refractivity (Wildman–Crippen MR) is 121 cm³/mol. The number of nitrogens with one attached hydrogen (secondary N) is 2. The van der Waals surface area contributed by atoms with E-state index in [4.69, 9.17) is 11.0 Å². The number of nitriles is 1. The van der Waals surface area contributed by atoms with Gasteiger partial charge in [0.1, 0.15) is 0 Å². The minimum Gasteiger partial charge on any atom is -0.392 e. The third kappa shape index (κ3) is 5.61. The molecule has 4 rings (SSSR count). The summed E-state index contributed by atoms with van der Waals surface area (Å²) in [6.07, 6.45) is 4.69. The molecule has 1 spiro atoms. The summed E-state index contributed by atoms with van der Waals surface area (Å²) < 4.78 is 0. The monoisotopic (exact) mass is 432 g/mol. The molecule has 0 aromatic heterocycles. The molecule has 1 aliphatic carbocycles. The molecule has 0 bridgehead atoms. The maximum absolute atomic E-state index is 10.9. The van der Waals surface area contributed by atoms with Crippen LogP contribution in [-0.2, 0) is 4.79 Å². The Morgan fingerprint density at radius 3 is 2.60 bits per heavy atom. The molecule has 7 heteroatoms. The van der Waals surface area contributed by atoms with Gasteiger partial charge in [-0.1, -0.05) is 26.0 Å². The number of piperidine rings is 1. The van der Waals surface area contributed by atoms with Gasteiger partial charge < -0.3 is 21.5 Å². The molecule has 3 aliphatic rings. The van der Waals surface area contributed by atoms with E-state index in [1.807, 2.05) is 6.07 Å². The third-order valence-electron chi connectivity index (χ3n) is 6.30. The first-order valence-electron chi connectivity index (χ1n) is 10.5. The molecule has 3 atom stereocenters. The van der Waals surface area contributed by atoms with E-state index in [2.05, 4.69) is 48.8 Å². The number of nitrogens with two attached hydrogens (primary N) is 1. The highest BCUT2D eigenvalue weighted by Crippen LogP contribution is 2.51. The fourth-order valence-corrected chi connectivity index (χ4v) is 4.29. The number of amides is 1. The Hall–Kier alpha value is -1.91. The Morgan fingerprint density at radius 2 is 2.07 bits per heavy atom. The second kappa shape index (κ2) is 10.4. The molecule has 2 aliphatic heterocycles. The number of nitrogens with zero attached hydrogens (tertiary/aromatic N) is 1. The highest BCUT2D eigenvalue weighted by molar-refractivity contribution is 5.85. The van der Waals surface area contributed by atoms with E-state index in [1.165, 1.54) is 11.1 Å². The van der Waals surface area contributed by atoms with Crippen molar-refractivity contribution in [1.29, 1.82) is 5.26 Å². The van der Waals surface area contributed by atoms with E-state index < -0.39 is 0 Å². The molecule has 3 unspecified atom stereocenters. The van der Waals surface area contributed by atoms with Crippen LogP contribution in [0.2, 0.25) is 0 Å². The van der Waals surface area contributed by atoms with Gasteiger partial charge >= 0.3 is 0 Å². The molecular weight excluding hydrogens is 400 g/mol. The van der Waals surface area contributed by atoms with Crippen molar-refractivity contribution in [2.45, 2.75) is 45.1 Å². The minimum atomic E-state index is -0.249. The Kier molecular flexibility index (Phi) is 8.45. The van der Waals surface area contributed by atoms with E-state index in [9.17, 15) is 9.90 Å². The van der Waals surface area contributed by atoms with Crippen LogP contribution in [0.5, 0.6) is 0 Å². The van der Waals surface area contributed by atoms with Crippen molar-refractivity contribution in [2.24, 2.45) is 17.1 Å². The lowest BCUT2D eigenvalue weighted by atomic mass is 9.87. The number of halogens is 1. The zero-order valence-electron chi connectivity index (χ0n) is 17.8. The Balaban J connectivity index is 0.000000218. The summed E-state index contributed by atoms with van der Waals surface area (Å²) in [7, 11) is 0. The van der Waals surface area contributed by atoms with Gasteiger partial charge in [-0.25, -0.2) is 0 Å². The summed E-state index contributed by atoms with van der Waals surface area (Å²) in [6, 6.07) is 8.48. The summed E-state index contributed by atoms with van der Waals surface area (Å²) in [5.74, 6) is 0.0588. The Bertz CT molecular complexity index is 833. The standard InChI is InChI=1S/C15H18N2.C8H14N2O2.ClH/c1-11(2)15-9-13(3-4-14(15)10-16)12-5-7-17-8-6-12;9-7(12)5-1-8(2-6(8)11)4-10-3-5;/h3-5,9,11,17H,6-8H2,1-2H3;5-6,10-11H,1-4H2,(H2,9,12);1H. The first-order chi connectivity index (χ1) is 13.9. The van der Waals surface area contributed by atoms with E-state index >= 15 is 0 Å². The number of primary amides is 1. The molecule has 1 aromatic carbocycles. The van der Waals surface area contributed by atoms with Crippen molar-refractivity contribution in [3.8, 4) is 6.07 Å². The van der Waals surface area contributed by atoms with Gasteiger partial charge in [-0.3, -0.25) is 4.79 Å². The van der Waals surface area contributed by atoms with Gasteiger partial charge in [0.2, 0.25) is 5.91 Å². The molecule has 1 saturated carbocycles. The normalized spacial score (nSPS) is 27.2. The molecule has 164 valence electrons. The number of rotatable bonds is 3. The van der Waals surface area contributed by atoms with Crippen LogP contribution in [0.4, 0.5) is 0 Å². The lowest BCUT2D eigenvalue weighted by Gasteiger charge is -2.28. The van der Waals surface area contributed by atoms with E-state index in [0.717, 1.165) is 50.0 Å². The molecule has 2 heterocycles. The second-order valence-corrected chi connectivity index (χ2v) is 8.77. The van der Waals surface area contributed by atoms with Crippen LogP contribution in [0.1, 0.15) is 55.7 Å². The molecule has 1 aromatic rings. The lowest BCUT2D eigenvalue weighted by molar-refractivity contribution is -0.123. The molecule has 5 N–H and O–H groups in total. The molecular formula is C23H33ClN4O2. The first-order valence-corrected chi connectivity index (χ1v) is 10.5. The van der Waals surface area contributed by atoms with Crippen molar-refractivity contribution in [3.05, 3.63) is 41.0 Å². The fraction of sp³-hybridized carbons (Fsp3) is 0.565. The zero-order chi connectivity index (χ0) is 21.0. The van der Waals surface area contributed by atoms with Gasteiger partial charge in [-0.15, -0.1) is 12.4 Å². The van der Waals surface area contributed by atoms with Crippen molar-refractivity contribution in [1.82, 2.24) is 10.6 Å². The smallest absolute Gasteiger partial charge is 0.221 e. The summed E-state index contributed by atoms with van der Waals surface area (Å²) in [4.78, 5) is 10.9. The fourth-order valence-electron chi connectivity index (χ4n) is 4.29. The second-order valence-electron chi connectivity index (χ2n) is 8.77. The van der Waals surface area contributed by atoms with Gasteiger partial charge in [-0.05, 0) is 60.6 Å². The molecule has 6 nitrogen and oxygen atoms in total. The molecule has 1 saturated heterocycles. The Morgan fingerprint density at radius 1 is 1.33 bits per heavy atom. The highest BCUT2D eigenvalue weighted by Gasteiger charge is 2.55. The van der Waals surface area contributed by atoms with Gasteiger partial charge in [0.15, 0.2) is 0 Å². The van der Waals surface area contributed by atoms with Crippen LogP contribution in [0, 0.1) is 22.7 Å². The Labute approximate surface area is 185 Å². The largest absolute Gasteiger partial charge is 0.392 e. The first kappa shape index (κ1) is 24.4. The van der Waals surface area contributed by atoms with Crippen LogP contribution in [0.3, 0.4) is 0 Å². The molecule has 30 heavy (non-hydrogen) atoms. The molecule has 2 fully saturated rings. The highest BCUT2D eigenvalue weighted by atomic mass is 35.5. The van der Waals surface area contributed by atoms with E-state index in [1.54, 1.807) is 0 Å². The summed E-state index contributed by atoms with van der Waals surface area (Å²) in [5, 5.41) is 24.9. The number of aliphatic hydroxyl groups is 1. The number of hydrogen-bond donors (Lipinski definition) is 4. The van der Waals surface area contributed by atoms with Crippen molar-refractivity contribution >= 4 is 23.9 Å². The number of aliphatic hydroxyl groups excluding tert-OH is 1. The quantitative estimate of drug-likeness (QED) is 0.585. The molecule has 0 radical (unpaired) electrons. The average molecular weight is 433 g/mol. The van der Waals surface area contributed by atoms with Crippen LogP contribution < -0.4 is 16.4 Å². The van der Waals surface area contributed by atoms with Crippen molar-refractivity contribution < 1.29 is 9.90 Å². The van der Waals surface area contributed by atoms with Gasteiger partial charge in [0, 0.05) is 25.0 Å². The third-order valence-corrected chi connectivity index (χ3v) is 6.30. The number of carbonyl (C=O) groups is 1. The summed E-state index contributed by atoms with van der Waals surface area (Å²) >= 11 is 0. The van der Waals surface area contributed by atoms with Gasteiger partial charge in [-0.2, -0.15) is 5.26 Å². The maximum atomic E-state index is 10.9. The summed E-state index contributed by atoms with van der Waals surface area (Å²) in [6.45, 7) is 7.77. The van der Waals surface area contributed by atoms with Crippen LogP contribution in [-0.4, -0.2) is 43.3 Å². The predicted octanol–water partition coefficient (Wildman–Crippen LogP) is 2.31. The van der Waals surface area contributed by atoms with E-state index in [-0.39, 0.29) is 35.8 Å². The van der Waals surface area contributed by atoms with Crippen LogP contribution >= 0.6 is 12.4 Å². The van der Waals surface area contributed by atoms with E-state index in [0.29, 0.717) is 12.5 Å². The lowest BCUT2D eigenvalue weighted by Crippen LogP contribution is -2.44. The average Bonchev–Trinajstić information content (AvgIpc) is 3.35. The van der Waals surface area contributed by atoms with Gasteiger partial charge in [0.05, 0.1) is 23.7 Å². The topological polar surface area (TPSA) is 111 Å².